The molecule has 0 aliphatic rings. The van der Waals surface area contributed by atoms with Crippen molar-refractivity contribution in [2.75, 3.05) is 6.61 Å². The predicted molar refractivity (Wildman–Crippen MR) is 52.2 cm³/mol. The first-order valence-electron chi connectivity index (χ1n) is 4.04. The van der Waals surface area contributed by atoms with Crippen LogP contribution in [0.15, 0.2) is 16.6 Å². The van der Waals surface area contributed by atoms with Gasteiger partial charge in [-0.2, -0.15) is 9.37 Å². The van der Waals surface area contributed by atoms with Gasteiger partial charge < -0.3 is 4.74 Å². The number of hydrogen-bond acceptors (Lipinski definition) is 2. The largest absolute Gasteiger partial charge is 0.477 e. The van der Waals surface area contributed by atoms with Crippen LogP contribution >= 0.6 is 15.9 Å². The molecule has 0 aliphatic carbocycles. The highest BCUT2D eigenvalue weighted by Crippen LogP contribution is 2.17. The van der Waals surface area contributed by atoms with Crippen molar-refractivity contribution < 1.29 is 9.13 Å². The molecule has 0 aromatic carbocycles. The van der Waals surface area contributed by atoms with Gasteiger partial charge in [-0.3, -0.25) is 0 Å². The summed E-state index contributed by atoms with van der Waals surface area (Å²) in [5.74, 6) is 0.198. The molecule has 2 nitrogen and oxygen atoms in total. The molecule has 0 aliphatic heterocycles. The Morgan fingerprint density at radius 1 is 1.54 bits per heavy atom. The molecule has 4 heteroatoms. The minimum atomic E-state index is -0.541. The fourth-order valence-corrected chi connectivity index (χ4v) is 0.954. The van der Waals surface area contributed by atoms with Crippen LogP contribution in [0.4, 0.5) is 4.39 Å². The number of rotatable bonds is 3. The SMILES string of the molecule is CC(C)COc1ccc(Br)c(F)n1. The number of pyridine rings is 1. The van der Waals surface area contributed by atoms with Crippen LogP contribution in [0.25, 0.3) is 0 Å². The molecule has 1 rings (SSSR count). The second-order valence-electron chi connectivity index (χ2n) is 3.13. The summed E-state index contributed by atoms with van der Waals surface area (Å²) in [5.41, 5.74) is 0. The van der Waals surface area contributed by atoms with Gasteiger partial charge in [0.05, 0.1) is 11.1 Å². The highest BCUT2D eigenvalue weighted by atomic mass is 79.9. The standard InChI is InChI=1S/C9H11BrFNO/c1-6(2)5-13-8-4-3-7(10)9(11)12-8/h3-4,6H,5H2,1-2H3. The van der Waals surface area contributed by atoms with E-state index in [9.17, 15) is 4.39 Å². The molecule has 1 aromatic heterocycles. The minimum Gasteiger partial charge on any atom is -0.477 e. The van der Waals surface area contributed by atoms with Gasteiger partial charge in [0, 0.05) is 6.07 Å². The molecule has 72 valence electrons. The van der Waals surface area contributed by atoms with Crippen LogP contribution in [0.5, 0.6) is 5.88 Å². The van der Waals surface area contributed by atoms with Crippen molar-refractivity contribution in [3.8, 4) is 5.88 Å². The monoisotopic (exact) mass is 247 g/mol. The lowest BCUT2D eigenvalue weighted by Crippen LogP contribution is -2.06. The molecule has 0 fully saturated rings. The summed E-state index contributed by atoms with van der Waals surface area (Å²) in [6.45, 7) is 4.60. The lowest BCUT2D eigenvalue weighted by Gasteiger charge is -2.07. The number of aromatic nitrogens is 1. The van der Waals surface area contributed by atoms with Gasteiger partial charge in [0.15, 0.2) is 0 Å². The molecule has 0 saturated heterocycles. The average Bonchev–Trinajstić information content (AvgIpc) is 2.07. The third-order valence-corrected chi connectivity index (χ3v) is 1.93. The summed E-state index contributed by atoms with van der Waals surface area (Å²) in [4.78, 5) is 3.61. The summed E-state index contributed by atoms with van der Waals surface area (Å²) in [6.07, 6.45) is 0. The topological polar surface area (TPSA) is 22.1 Å². The first kappa shape index (κ1) is 10.4. The van der Waals surface area contributed by atoms with E-state index >= 15 is 0 Å². The predicted octanol–water partition coefficient (Wildman–Crippen LogP) is 3.02. The summed E-state index contributed by atoms with van der Waals surface area (Å²) in [7, 11) is 0. The first-order chi connectivity index (χ1) is 6.09. The van der Waals surface area contributed by atoms with Crippen LogP contribution in [0.2, 0.25) is 0 Å². The van der Waals surface area contributed by atoms with Gasteiger partial charge in [0.1, 0.15) is 0 Å². The third kappa shape index (κ3) is 3.30. The number of hydrogen-bond donors (Lipinski definition) is 0. The fraction of sp³-hybridized carbons (Fsp3) is 0.444. The summed E-state index contributed by atoms with van der Waals surface area (Å²) in [5, 5.41) is 0. The van der Waals surface area contributed by atoms with Crippen LogP contribution in [0, 0.1) is 11.9 Å². The first-order valence-corrected chi connectivity index (χ1v) is 4.83. The van der Waals surface area contributed by atoms with E-state index in [0.29, 0.717) is 22.9 Å². The van der Waals surface area contributed by atoms with E-state index in [2.05, 4.69) is 20.9 Å². The van der Waals surface area contributed by atoms with E-state index < -0.39 is 5.95 Å². The molecular weight excluding hydrogens is 237 g/mol. The van der Waals surface area contributed by atoms with Crippen LogP contribution in [-0.2, 0) is 0 Å². The molecule has 0 N–H and O–H groups in total. The maximum absolute atomic E-state index is 12.9. The lowest BCUT2D eigenvalue weighted by atomic mass is 10.2. The highest BCUT2D eigenvalue weighted by molar-refractivity contribution is 9.10. The van der Waals surface area contributed by atoms with E-state index in [4.69, 9.17) is 4.74 Å². The van der Waals surface area contributed by atoms with Gasteiger partial charge in [-0.25, -0.2) is 0 Å². The molecular formula is C9H11BrFNO. The van der Waals surface area contributed by atoms with Gasteiger partial charge in [-0.1, -0.05) is 13.8 Å². The van der Waals surface area contributed by atoms with Crippen LogP contribution < -0.4 is 4.74 Å². The molecule has 1 heterocycles. The number of ether oxygens (including phenoxy) is 1. The Labute approximate surface area is 85.3 Å². The Balaban J connectivity index is 2.63. The molecule has 0 bridgehead atoms. The molecule has 13 heavy (non-hydrogen) atoms. The van der Waals surface area contributed by atoms with Gasteiger partial charge in [-0.15, -0.1) is 0 Å². The number of nitrogens with zero attached hydrogens (tertiary/aromatic N) is 1. The molecule has 0 radical (unpaired) electrons. The Kier molecular flexibility index (Phi) is 3.66. The normalized spacial score (nSPS) is 10.5. The Bertz CT molecular complexity index is 291. The van der Waals surface area contributed by atoms with Crippen LogP contribution in [0.1, 0.15) is 13.8 Å². The smallest absolute Gasteiger partial charge is 0.230 e. The minimum absolute atomic E-state index is 0.328. The molecule has 0 atom stereocenters. The van der Waals surface area contributed by atoms with Crippen molar-refractivity contribution in [3.05, 3.63) is 22.6 Å². The summed E-state index contributed by atoms with van der Waals surface area (Å²) >= 11 is 3.02. The Morgan fingerprint density at radius 2 is 2.23 bits per heavy atom. The van der Waals surface area contributed by atoms with E-state index in [1.807, 2.05) is 13.8 Å². The lowest BCUT2D eigenvalue weighted by molar-refractivity contribution is 0.258. The van der Waals surface area contributed by atoms with E-state index in [0.717, 1.165) is 0 Å². The van der Waals surface area contributed by atoms with E-state index in [1.165, 1.54) is 0 Å². The zero-order chi connectivity index (χ0) is 9.84. The van der Waals surface area contributed by atoms with Crippen LogP contribution in [0.3, 0.4) is 0 Å². The second-order valence-corrected chi connectivity index (χ2v) is 3.98. The second kappa shape index (κ2) is 4.56. The van der Waals surface area contributed by atoms with E-state index in [1.54, 1.807) is 12.1 Å². The third-order valence-electron chi connectivity index (χ3n) is 1.34. The quantitative estimate of drug-likeness (QED) is 0.767. The highest BCUT2D eigenvalue weighted by Gasteiger charge is 2.03. The van der Waals surface area contributed by atoms with Gasteiger partial charge in [0.25, 0.3) is 0 Å². The van der Waals surface area contributed by atoms with Crippen molar-refractivity contribution in [2.24, 2.45) is 5.92 Å². The van der Waals surface area contributed by atoms with Gasteiger partial charge >= 0.3 is 0 Å². The maximum Gasteiger partial charge on any atom is 0.230 e. The Morgan fingerprint density at radius 3 is 2.77 bits per heavy atom. The summed E-state index contributed by atoms with van der Waals surface area (Å²) < 4.78 is 18.4. The van der Waals surface area contributed by atoms with E-state index in [-0.39, 0.29) is 0 Å². The van der Waals surface area contributed by atoms with Crippen molar-refractivity contribution in [1.29, 1.82) is 0 Å². The summed E-state index contributed by atoms with van der Waals surface area (Å²) in [6, 6.07) is 3.22. The Hall–Kier alpha value is -0.640. The zero-order valence-electron chi connectivity index (χ0n) is 7.55. The van der Waals surface area contributed by atoms with Crippen molar-refractivity contribution in [2.45, 2.75) is 13.8 Å². The molecule has 0 spiro atoms. The van der Waals surface area contributed by atoms with Crippen molar-refractivity contribution in [1.82, 2.24) is 4.98 Å². The van der Waals surface area contributed by atoms with Gasteiger partial charge in [-0.05, 0) is 27.9 Å². The molecule has 0 saturated carbocycles. The molecule has 0 unspecified atom stereocenters. The van der Waals surface area contributed by atoms with Crippen molar-refractivity contribution >= 4 is 15.9 Å². The maximum atomic E-state index is 12.9. The van der Waals surface area contributed by atoms with Gasteiger partial charge in [0.2, 0.25) is 11.8 Å². The van der Waals surface area contributed by atoms with Crippen molar-refractivity contribution in [3.63, 3.8) is 0 Å². The molecule has 1 aromatic rings. The van der Waals surface area contributed by atoms with Crippen LogP contribution in [-0.4, -0.2) is 11.6 Å². The number of halogens is 2. The average molecular weight is 248 g/mol. The zero-order valence-corrected chi connectivity index (χ0v) is 9.14. The fourth-order valence-electron chi connectivity index (χ4n) is 0.733. The molecule has 0 amide bonds.